The van der Waals surface area contributed by atoms with Crippen molar-refractivity contribution in [3.63, 3.8) is 0 Å². The van der Waals surface area contributed by atoms with E-state index in [0.29, 0.717) is 24.2 Å². The predicted molar refractivity (Wildman–Crippen MR) is 79.2 cm³/mol. The maximum Gasteiger partial charge on any atom is 0.194 e. The number of ketones is 1. The van der Waals surface area contributed by atoms with E-state index >= 15 is 0 Å². The van der Waals surface area contributed by atoms with Crippen molar-refractivity contribution >= 4 is 5.78 Å². The van der Waals surface area contributed by atoms with Gasteiger partial charge in [0.1, 0.15) is 11.4 Å². The first-order valence-corrected chi connectivity index (χ1v) is 7.55. The maximum atomic E-state index is 12.6. The highest BCUT2D eigenvalue weighted by Gasteiger charge is 2.36. The van der Waals surface area contributed by atoms with Crippen LogP contribution < -0.4 is 4.74 Å². The Kier molecular flexibility index (Phi) is 4.81. The molecule has 0 saturated heterocycles. The number of benzene rings is 1. The van der Waals surface area contributed by atoms with Gasteiger partial charge in [-0.15, -0.1) is 0 Å². The fourth-order valence-electron chi connectivity index (χ4n) is 2.79. The molecular weight excluding hydrogens is 252 g/mol. The van der Waals surface area contributed by atoms with Gasteiger partial charge in [-0.05, 0) is 38.8 Å². The topological polar surface area (TPSA) is 46.5 Å². The summed E-state index contributed by atoms with van der Waals surface area (Å²) < 4.78 is 5.62. The van der Waals surface area contributed by atoms with Gasteiger partial charge in [0.25, 0.3) is 0 Å². The minimum atomic E-state index is -1.19. The van der Waals surface area contributed by atoms with E-state index in [2.05, 4.69) is 0 Å². The van der Waals surface area contributed by atoms with Crippen LogP contribution in [-0.2, 0) is 0 Å². The number of carbonyl (C=O) groups excluding carboxylic acids is 1. The number of aliphatic hydroxyl groups is 1. The molecule has 1 aromatic carbocycles. The van der Waals surface area contributed by atoms with Gasteiger partial charge >= 0.3 is 0 Å². The predicted octanol–water partition coefficient (Wildman–Crippen LogP) is 3.74. The lowest BCUT2D eigenvalue weighted by Gasteiger charge is -2.25. The average molecular weight is 276 g/mol. The summed E-state index contributed by atoms with van der Waals surface area (Å²) in [4.78, 5) is 12.6. The Morgan fingerprint density at radius 3 is 2.45 bits per heavy atom. The van der Waals surface area contributed by atoms with Crippen LogP contribution in [0, 0.1) is 0 Å². The molecule has 0 atom stereocenters. The molecule has 1 fully saturated rings. The van der Waals surface area contributed by atoms with E-state index in [1.165, 1.54) is 0 Å². The van der Waals surface area contributed by atoms with Gasteiger partial charge in [0.2, 0.25) is 0 Å². The molecule has 0 amide bonds. The number of carbonyl (C=O) groups is 1. The Labute approximate surface area is 121 Å². The minimum Gasteiger partial charge on any atom is -0.491 e. The first kappa shape index (κ1) is 15.0. The molecule has 0 radical (unpaired) electrons. The molecule has 20 heavy (non-hydrogen) atoms. The lowest BCUT2D eigenvalue weighted by atomic mass is 9.86. The van der Waals surface area contributed by atoms with E-state index < -0.39 is 5.60 Å². The highest BCUT2D eigenvalue weighted by atomic mass is 16.5. The van der Waals surface area contributed by atoms with Crippen LogP contribution in [-0.4, -0.2) is 22.6 Å². The van der Waals surface area contributed by atoms with Crippen molar-refractivity contribution in [2.45, 2.75) is 64.1 Å². The standard InChI is InChI=1S/C17H24O3/c1-13(2)20-15-9-7-8-14(12-15)16(18)17(19)10-5-3-4-6-11-17/h7-9,12-13,19H,3-6,10-11H2,1-2H3. The summed E-state index contributed by atoms with van der Waals surface area (Å²) in [5, 5.41) is 10.7. The summed E-state index contributed by atoms with van der Waals surface area (Å²) in [6.45, 7) is 3.90. The van der Waals surface area contributed by atoms with Crippen LogP contribution in [0.3, 0.4) is 0 Å². The molecule has 1 aliphatic rings. The monoisotopic (exact) mass is 276 g/mol. The third-order valence-corrected chi connectivity index (χ3v) is 3.82. The van der Waals surface area contributed by atoms with Crippen LogP contribution in [0.1, 0.15) is 62.7 Å². The minimum absolute atomic E-state index is 0.0707. The average Bonchev–Trinajstić information content (AvgIpc) is 2.63. The van der Waals surface area contributed by atoms with Gasteiger partial charge < -0.3 is 9.84 Å². The molecule has 0 aliphatic heterocycles. The van der Waals surface area contributed by atoms with Crippen LogP contribution >= 0.6 is 0 Å². The zero-order chi connectivity index (χ0) is 14.6. The normalized spacial score (nSPS) is 18.6. The van der Waals surface area contributed by atoms with Crippen LogP contribution in [0.2, 0.25) is 0 Å². The van der Waals surface area contributed by atoms with E-state index in [-0.39, 0.29) is 11.9 Å². The molecule has 1 aromatic rings. The molecule has 0 unspecified atom stereocenters. The van der Waals surface area contributed by atoms with Crippen molar-refractivity contribution in [1.82, 2.24) is 0 Å². The van der Waals surface area contributed by atoms with Gasteiger partial charge in [-0.25, -0.2) is 0 Å². The fraction of sp³-hybridized carbons (Fsp3) is 0.588. The molecule has 0 bridgehead atoms. The van der Waals surface area contributed by atoms with Crippen molar-refractivity contribution in [3.05, 3.63) is 29.8 Å². The van der Waals surface area contributed by atoms with Crippen molar-refractivity contribution in [3.8, 4) is 5.75 Å². The molecule has 0 heterocycles. The molecule has 1 saturated carbocycles. The highest BCUT2D eigenvalue weighted by molar-refractivity contribution is 6.02. The third kappa shape index (κ3) is 3.60. The quantitative estimate of drug-likeness (QED) is 0.673. The van der Waals surface area contributed by atoms with Gasteiger partial charge in [-0.1, -0.05) is 37.8 Å². The van der Waals surface area contributed by atoms with Crippen molar-refractivity contribution in [2.24, 2.45) is 0 Å². The fourth-order valence-corrected chi connectivity index (χ4v) is 2.79. The number of rotatable bonds is 4. The van der Waals surface area contributed by atoms with E-state index in [9.17, 15) is 9.90 Å². The lowest BCUT2D eigenvalue weighted by Crippen LogP contribution is -2.38. The summed E-state index contributed by atoms with van der Waals surface area (Å²) >= 11 is 0. The van der Waals surface area contributed by atoms with Crippen molar-refractivity contribution < 1.29 is 14.6 Å². The van der Waals surface area contributed by atoms with Gasteiger partial charge in [0.05, 0.1) is 6.10 Å². The molecule has 2 rings (SSSR count). The van der Waals surface area contributed by atoms with E-state index in [1.54, 1.807) is 12.1 Å². The van der Waals surface area contributed by atoms with Crippen molar-refractivity contribution in [2.75, 3.05) is 0 Å². The zero-order valence-electron chi connectivity index (χ0n) is 12.4. The number of ether oxygens (including phenoxy) is 1. The van der Waals surface area contributed by atoms with Crippen LogP contribution in [0.15, 0.2) is 24.3 Å². The summed E-state index contributed by atoms with van der Waals surface area (Å²) in [6.07, 6.45) is 5.26. The number of Topliss-reactive ketones (excluding diaryl/α,β-unsaturated/α-hetero) is 1. The largest absolute Gasteiger partial charge is 0.491 e. The summed E-state index contributed by atoms with van der Waals surface area (Å²) in [5.41, 5.74) is -0.639. The summed E-state index contributed by atoms with van der Waals surface area (Å²) in [6, 6.07) is 7.16. The van der Waals surface area contributed by atoms with Crippen molar-refractivity contribution in [1.29, 1.82) is 0 Å². The van der Waals surface area contributed by atoms with Crippen LogP contribution in [0.4, 0.5) is 0 Å². The van der Waals surface area contributed by atoms with Gasteiger partial charge in [0.15, 0.2) is 5.78 Å². The lowest BCUT2D eigenvalue weighted by molar-refractivity contribution is 0.0237. The van der Waals surface area contributed by atoms with Crippen LogP contribution in [0.25, 0.3) is 0 Å². The third-order valence-electron chi connectivity index (χ3n) is 3.82. The molecule has 0 aromatic heterocycles. The first-order valence-electron chi connectivity index (χ1n) is 7.55. The molecule has 0 spiro atoms. The maximum absolute atomic E-state index is 12.6. The van der Waals surface area contributed by atoms with Gasteiger partial charge in [-0.3, -0.25) is 4.79 Å². The van der Waals surface area contributed by atoms with E-state index in [4.69, 9.17) is 4.74 Å². The Morgan fingerprint density at radius 1 is 1.20 bits per heavy atom. The number of hydrogen-bond donors (Lipinski definition) is 1. The zero-order valence-corrected chi connectivity index (χ0v) is 12.4. The smallest absolute Gasteiger partial charge is 0.194 e. The van der Waals surface area contributed by atoms with Crippen LogP contribution in [0.5, 0.6) is 5.75 Å². The second-order valence-electron chi connectivity index (χ2n) is 5.97. The second-order valence-corrected chi connectivity index (χ2v) is 5.97. The Bertz CT molecular complexity index is 457. The molecule has 110 valence electrons. The van der Waals surface area contributed by atoms with Gasteiger partial charge in [0, 0.05) is 5.56 Å². The Balaban J connectivity index is 2.19. The molecule has 3 heteroatoms. The first-order chi connectivity index (χ1) is 9.51. The van der Waals surface area contributed by atoms with Gasteiger partial charge in [-0.2, -0.15) is 0 Å². The molecule has 1 N–H and O–H groups in total. The summed E-state index contributed by atoms with van der Waals surface area (Å²) in [7, 11) is 0. The summed E-state index contributed by atoms with van der Waals surface area (Å²) in [5.74, 6) is 0.525. The molecule has 3 nitrogen and oxygen atoms in total. The van der Waals surface area contributed by atoms with E-state index in [1.807, 2.05) is 26.0 Å². The Morgan fingerprint density at radius 2 is 1.85 bits per heavy atom. The molecular formula is C17H24O3. The molecule has 1 aliphatic carbocycles. The van der Waals surface area contributed by atoms with E-state index in [0.717, 1.165) is 25.7 Å². The SMILES string of the molecule is CC(C)Oc1cccc(C(=O)C2(O)CCCCCC2)c1. The Hall–Kier alpha value is -1.35. The highest BCUT2D eigenvalue weighted by Crippen LogP contribution is 2.31. The second kappa shape index (κ2) is 6.40. The number of hydrogen-bond acceptors (Lipinski definition) is 3.